The maximum absolute atomic E-state index is 13.2. The van der Waals surface area contributed by atoms with Crippen molar-refractivity contribution in [2.45, 2.75) is 52.1 Å². The Morgan fingerprint density at radius 3 is 2.46 bits per heavy atom. The van der Waals surface area contributed by atoms with Crippen molar-refractivity contribution in [1.29, 1.82) is 0 Å². The van der Waals surface area contributed by atoms with Crippen molar-refractivity contribution < 1.29 is 13.9 Å². The van der Waals surface area contributed by atoms with Crippen LogP contribution < -0.4 is 5.63 Å². The summed E-state index contributed by atoms with van der Waals surface area (Å²) in [4.78, 5) is 15.2. The Kier molecular flexibility index (Phi) is 8.35. The molecule has 1 N–H and O–H groups in total. The van der Waals surface area contributed by atoms with Gasteiger partial charge < -0.3 is 9.52 Å². The number of aryl methyl sites for hydroxylation is 1. The highest BCUT2D eigenvalue weighted by molar-refractivity contribution is 5.88. The zero-order valence-corrected chi connectivity index (χ0v) is 22.1. The molecule has 1 aromatic heterocycles. The van der Waals surface area contributed by atoms with Crippen LogP contribution in [0, 0.1) is 11.7 Å². The lowest BCUT2D eigenvalue weighted by Crippen LogP contribution is -2.33. The molecule has 0 amide bonds. The molecule has 0 radical (unpaired) electrons. The number of nitrogens with zero attached hydrogens (tertiary/aromatic N) is 1. The van der Waals surface area contributed by atoms with Crippen LogP contribution >= 0.6 is 12.4 Å². The van der Waals surface area contributed by atoms with E-state index < -0.39 is 0 Å². The van der Waals surface area contributed by atoms with Crippen molar-refractivity contribution in [1.82, 2.24) is 4.90 Å². The molecule has 4 nitrogen and oxygen atoms in total. The molecule has 1 aliphatic heterocycles. The number of aromatic hydroxyl groups is 1. The molecular weight excluding hydrogens is 489 g/mol. The zero-order valence-electron chi connectivity index (χ0n) is 21.2. The third-order valence-electron chi connectivity index (χ3n) is 7.71. The van der Waals surface area contributed by atoms with Crippen molar-refractivity contribution in [3.8, 4) is 5.75 Å². The number of benzene rings is 3. The first-order valence-electron chi connectivity index (χ1n) is 12.7. The van der Waals surface area contributed by atoms with E-state index in [0.29, 0.717) is 35.4 Å². The number of rotatable bonds is 7. The third kappa shape index (κ3) is 5.89. The number of halogens is 2. The number of fused-ring (bicyclic) bond motifs is 3. The predicted octanol–water partition coefficient (Wildman–Crippen LogP) is 6.99. The van der Waals surface area contributed by atoms with E-state index in [1.807, 2.05) is 42.5 Å². The van der Waals surface area contributed by atoms with E-state index in [1.165, 1.54) is 17.7 Å². The third-order valence-corrected chi connectivity index (χ3v) is 7.71. The van der Waals surface area contributed by atoms with Gasteiger partial charge in [0.1, 0.15) is 17.1 Å². The molecule has 0 saturated heterocycles. The van der Waals surface area contributed by atoms with Crippen LogP contribution in [-0.4, -0.2) is 16.6 Å². The van der Waals surface area contributed by atoms with Crippen LogP contribution in [0.1, 0.15) is 54.0 Å². The number of phenolic OH excluding ortho intramolecular Hbond substituents is 1. The average molecular weight is 522 g/mol. The fourth-order valence-electron chi connectivity index (χ4n) is 5.30. The smallest absolute Gasteiger partial charge is 0.339 e. The van der Waals surface area contributed by atoms with Crippen LogP contribution in [0.4, 0.5) is 4.39 Å². The van der Waals surface area contributed by atoms with Gasteiger partial charge in [0.15, 0.2) is 0 Å². The quantitative estimate of drug-likeness (QED) is 0.266. The molecule has 0 bridgehead atoms. The molecule has 3 aromatic carbocycles. The highest BCUT2D eigenvalue weighted by Gasteiger charge is 2.26. The van der Waals surface area contributed by atoms with E-state index >= 15 is 0 Å². The SMILES string of the molecule is CC(CCc1ccc(F)cc1)C(C)c1cc(O)c2c3c(c(=O)oc2c1)CCN(Cc1ccccc1)C3.Cl. The summed E-state index contributed by atoms with van der Waals surface area (Å²) < 4.78 is 18.9. The minimum atomic E-state index is -0.301. The Morgan fingerprint density at radius 2 is 1.73 bits per heavy atom. The lowest BCUT2D eigenvalue weighted by molar-refractivity contribution is 0.243. The molecule has 194 valence electrons. The molecule has 37 heavy (non-hydrogen) atoms. The van der Waals surface area contributed by atoms with E-state index in [-0.39, 0.29) is 35.5 Å². The Labute approximate surface area is 223 Å². The molecule has 6 heteroatoms. The minimum Gasteiger partial charge on any atom is -0.507 e. The van der Waals surface area contributed by atoms with Crippen molar-refractivity contribution in [3.05, 3.63) is 111 Å². The highest BCUT2D eigenvalue weighted by Crippen LogP contribution is 2.37. The van der Waals surface area contributed by atoms with Crippen LogP contribution in [0.2, 0.25) is 0 Å². The van der Waals surface area contributed by atoms with Gasteiger partial charge in [-0.05, 0) is 77.6 Å². The Bertz CT molecular complexity index is 1420. The fraction of sp³-hybridized carbons (Fsp3) is 0.323. The molecule has 1 aliphatic rings. The Morgan fingerprint density at radius 1 is 1.00 bits per heavy atom. The summed E-state index contributed by atoms with van der Waals surface area (Å²) >= 11 is 0. The summed E-state index contributed by atoms with van der Waals surface area (Å²) in [6.07, 6.45) is 2.39. The second-order valence-corrected chi connectivity index (χ2v) is 10.1. The van der Waals surface area contributed by atoms with Gasteiger partial charge in [-0.3, -0.25) is 4.90 Å². The van der Waals surface area contributed by atoms with Crippen molar-refractivity contribution in [2.24, 2.45) is 5.92 Å². The second kappa shape index (κ2) is 11.5. The fourth-order valence-corrected chi connectivity index (χ4v) is 5.30. The van der Waals surface area contributed by atoms with Gasteiger partial charge in [0.2, 0.25) is 0 Å². The molecule has 2 unspecified atom stereocenters. The summed E-state index contributed by atoms with van der Waals surface area (Å²) in [5.74, 6) is 0.412. The van der Waals surface area contributed by atoms with E-state index in [4.69, 9.17) is 4.42 Å². The van der Waals surface area contributed by atoms with Gasteiger partial charge >= 0.3 is 5.63 Å². The van der Waals surface area contributed by atoms with Gasteiger partial charge in [-0.15, -0.1) is 12.4 Å². The Hall–Kier alpha value is -3.15. The number of hydrogen-bond acceptors (Lipinski definition) is 4. The summed E-state index contributed by atoms with van der Waals surface area (Å²) in [6.45, 7) is 6.49. The maximum Gasteiger partial charge on any atom is 0.339 e. The molecular formula is C31H33ClFNO3. The van der Waals surface area contributed by atoms with E-state index in [1.54, 1.807) is 0 Å². The van der Waals surface area contributed by atoms with Gasteiger partial charge in [-0.2, -0.15) is 0 Å². The highest BCUT2D eigenvalue weighted by atomic mass is 35.5. The Balaban J connectivity index is 0.00000320. The summed E-state index contributed by atoms with van der Waals surface area (Å²) in [5.41, 5.74) is 4.99. The monoisotopic (exact) mass is 521 g/mol. The predicted molar refractivity (Wildman–Crippen MR) is 148 cm³/mol. The van der Waals surface area contributed by atoms with E-state index in [9.17, 15) is 14.3 Å². The normalized spacial score (nSPS) is 15.1. The molecule has 0 aliphatic carbocycles. The molecule has 0 spiro atoms. The van der Waals surface area contributed by atoms with Crippen LogP contribution in [-0.2, 0) is 25.9 Å². The van der Waals surface area contributed by atoms with Crippen LogP contribution in [0.15, 0.2) is 75.9 Å². The summed E-state index contributed by atoms with van der Waals surface area (Å²) in [6, 6.07) is 20.7. The molecule has 0 fully saturated rings. The lowest BCUT2D eigenvalue weighted by atomic mass is 9.84. The van der Waals surface area contributed by atoms with Gasteiger partial charge in [0.05, 0.1) is 5.39 Å². The van der Waals surface area contributed by atoms with Crippen LogP contribution in [0.5, 0.6) is 5.75 Å². The topological polar surface area (TPSA) is 53.7 Å². The first kappa shape index (κ1) is 26.9. The number of phenols is 1. The van der Waals surface area contributed by atoms with Gasteiger partial charge in [0.25, 0.3) is 0 Å². The molecule has 2 heterocycles. The molecule has 4 aromatic rings. The lowest BCUT2D eigenvalue weighted by Gasteiger charge is -2.29. The van der Waals surface area contributed by atoms with Crippen LogP contribution in [0.3, 0.4) is 0 Å². The molecule has 2 atom stereocenters. The van der Waals surface area contributed by atoms with Gasteiger partial charge in [-0.25, -0.2) is 9.18 Å². The molecule has 5 rings (SSSR count). The minimum absolute atomic E-state index is 0. The first-order valence-corrected chi connectivity index (χ1v) is 12.7. The van der Waals surface area contributed by atoms with Gasteiger partial charge in [-0.1, -0.05) is 56.3 Å². The van der Waals surface area contributed by atoms with Crippen LogP contribution in [0.25, 0.3) is 11.0 Å². The first-order chi connectivity index (χ1) is 17.4. The van der Waals surface area contributed by atoms with E-state index in [2.05, 4.69) is 30.9 Å². The maximum atomic E-state index is 13.2. The van der Waals surface area contributed by atoms with Crippen molar-refractivity contribution in [3.63, 3.8) is 0 Å². The van der Waals surface area contributed by atoms with E-state index in [0.717, 1.165) is 42.6 Å². The average Bonchev–Trinajstić information content (AvgIpc) is 2.88. The summed E-state index contributed by atoms with van der Waals surface area (Å²) in [7, 11) is 0. The van der Waals surface area contributed by atoms with Crippen molar-refractivity contribution in [2.75, 3.05) is 6.54 Å². The summed E-state index contributed by atoms with van der Waals surface area (Å²) in [5, 5.41) is 11.8. The van der Waals surface area contributed by atoms with Gasteiger partial charge in [0, 0.05) is 25.2 Å². The molecule has 0 saturated carbocycles. The second-order valence-electron chi connectivity index (χ2n) is 10.1. The number of hydrogen-bond donors (Lipinski definition) is 1. The standard InChI is InChI=1S/C31H32FNO3.ClH/c1-20(8-9-22-10-12-25(32)13-11-22)21(2)24-16-28(34)30-27-19-33(18-23-6-4-3-5-7-23)15-14-26(27)31(35)36-29(30)17-24;/h3-7,10-13,16-17,20-21,34H,8-9,14-15,18-19H2,1-2H3;1H. The van der Waals surface area contributed by atoms with Crippen molar-refractivity contribution >= 4 is 23.4 Å². The largest absolute Gasteiger partial charge is 0.507 e. The zero-order chi connectivity index (χ0) is 25.2.